The second-order valence-electron chi connectivity index (χ2n) is 4.66. The van der Waals surface area contributed by atoms with Crippen molar-refractivity contribution in [2.24, 2.45) is 17.1 Å². The molecule has 1 saturated carbocycles. The lowest BCUT2D eigenvalue weighted by molar-refractivity contribution is -0.130. The summed E-state index contributed by atoms with van der Waals surface area (Å²) in [6, 6.07) is 2.04. The van der Waals surface area contributed by atoms with Gasteiger partial charge < -0.3 is 11.1 Å². The van der Waals surface area contributed by atoms with Gasteiger partial charge in [-0.1, -0.05) is 6.42 Å². The molecule has 0 radical (unpaired) electrons. The predicted molar refractivity (Wildman–Crippen MR) is 57.7 cm³/mol. The highest BCUT2D eigenvalue weighted by Gasteiger charge is 2.42. The van der Waals surface area contributed by atoms with Gasteiger partial charge in [-0.25, -0.2) is 0 Å². The quantitative estimate of drug-likeness (QED) is 0.721. The first-order chi connectivity index (χ1) is 7.00. The first kappa shape index (κ1) is 12.0. The molecule has 0 heterocycles. The van der Waals surface area contributed by atoms with Crippen LogP contribution >= 0.6 is 0 Å². The molecule has 4 heteroatoms. The normalized spacial score (nSPS) is 32.0. The van der Waals surface area contributed by atoms with Crippen molar-refractivity contribution in [3.63, 3.8) is 0 Å². The second kappa shape index (κ2) is 4.63. The first-order valence-corrected chi connectivity index (χ1v) is 5.44. The van der Waals surface area contributed by atoms with E-state index in [1.54, 1.807) is 6.92 Å². The molecule has 0 aromatic carbocycles. The van der Waals surface area contributed by atoms with Crippen LogP contribution in [0.1, 0.15) is 33.1 Å². The number of nitrogens with two attached hydrogens (primary N) is 1. The van der Waals surface area contributed by atoms with E-state index in [0.29, 0.717) is 6.54 Å². The van der Waals surface area contributed by atoms with Crippen LogP contribution in [0.2, 0.25) is 0 Å². The third-order valence-corrected chi connectivity index (χ3v) is 3.34. The van der Waals surface area contributed by atoms with Crippen LogP contribution in [0.15, 0.2) is 0 Å². The fraction of sp³-hybridized carbons (Fsp3) is 0.818. The van der Waals surface area contributed by atoms with Crippen LogP contribution in [0.5, 0.6) is 0 Å². The zero-order valence-electron chi connectivity index (χ0n) is 9.42. The van der Waals surface area contributed by atoms with Gasteiger partial charge in [0.25, 0.3) is 0 Å². The molecule has 0 spiro atoms. The fourth-order valence-electron chi connectivity index (χ4n) is 1.97. The summed E-state index contributed by atoms with van der Waals surface area (Å²) >= 11 is 0. The van der Waals surface area contributed by atoms with Crippen LogP contribution in [-0.4, -0.2) is 18.5 Å². The molecule has 1 amide bonds. The topological polar surface area (TPSA) is 78.9 Å². The molecule has 0 saturated heterocycles. The molecular weight excluding hydrogens is 190 g/mol. The number of amides is 1. The molecule has 84 valence electrons. The van der Waals surface area contributed by atoms with Crippen molar-refractivity contribution < 1.29 is 4.79 Å². The smallest absolute Gasteiger partial charge is 0.227 e. The maximum atomic E-state index is 11.9. The van der Waals surface area contributed by atoms with Gasteiger partial charge in [0, 0.05) is 12.6 Å². The number of rotatable bonds is 3. The Hall–Kier alpha value is -1.08. The summed E-state index contributed by atoms with van der Waals surface area (Å²) in [7, 11) is 0. The molecule has 0 aliphatic heterocycles. The van der Waals surface area contributed by atoms with E-state index in [1.165, 1.54) is 0 Å². The lowest BCUT2D eigenvalue weighted by atomic mass is 9.84. The summed E-state index contributed by atoms with van der Waals surface area (Å²) in [5, 5.41) is 11.4. The van der Waals surface area contributed by atoms with Crippen molar-refractivity contribution in [2.45, 2.75) is 39.2 Å². The molecule has 0 aromatic heterocycles. The molecule has 1 aliphatic carbocycles. The Balaban J connectivity index is 2.50. The standard InChI is InChI=1S/C11H19N3O/c1-8(6-12)7-14-10(15)11(2)5-3-4-9(11)13/h8-9H,3-5,7,13H2,1-2H3,(H,14,15). The molecule has 15 heavy (non-hydrogen) atoms. The van der Waals surface area contributed by atoms with Gasteiger partial charge in [0.15, 0.2) is 0 Å². The third kappa shape index (κ3) is 2.48. The van der Waals surface area contributed by atoms with Gasteiger partial charge in [-0.2, -0.15) is 5.26 Å². The number of nitriles is 1. The minimum Gasteiger partial charge on any atom is -0.354 e. The van der Waals surface area contributed by atoms with E-state index in [0.717, 1.165) is 19.3 Å². The summed E-state index contributed by atoms with van der Waals surface area (Å²) in [6.45, 7) is 4.12. The Bertz CT molecular complexity index is 284. The molecule has 0 aromatic rings. The summed E-state index contributed by atoms with van der Waals surface area (Å²) < 4.78 is 0. The summed E-state index contributed by atoms with van der Waals surface area (Å²) in [5.74, 6) is -0.148. The van der Waals surface area contributed by atoms with Gasteiger partial charge in [-0.05, 0) is 26.7 Å². The van der Waals surface area contributed by atoms with Crippen molar-refractivity contribution in [1.29, 1.82) is 5.26 Å². The van der Waals surface area contributed by atoms with E-state index in [-0.39, 0.29) is 17.9 Å². The van der Waals surface area contributed by atoms with Crippen LogP contribution in [0.3, 0.4) is 0 Å². The summed E-state index contributed by atoms with van der Waals surface area (Å²) in [5.41, 5.74) is 5.49. The van der Waals surface area contributed by atoms with Crippen LogP contribution < -0.4 is 11.1 Å². The van der Waals surface area contributed by atoms with Gasteiger partial charge in [0.2, 0.25) is 5.91 Å². The Kier molecular flexibility index (Phi) is 3.70. The molecule has 1 fully saturated rings. The highest BCUT2D eigenvalue weighted by molar-refractivity contribution is 5.83. The highest BCUT2D eigenvalue weighted by Crippen LogP contribution is 2.36. The molecule has 4 nitrogen and oxygen atoms in total. The van der Waals surface area contributed by atoms with Crippen molar-refractivity contribution in [3.8, 4) is 6.07 Å². The van der Waals surface area contributed by atoms with Crippen LogP contribution in [0, 0.1) is 22.7 Å². The lowest BCUT2D eigenvalue weighted by Gasteiger charge is -2.27. The minimum absolute atomic E-state index is 0.00500. The largest absolute Gasteiger partial charge is 0.354 e. The van der Waals surface area contributed by atoms with Crippen LogP contribution in [-0.2, 0) is 4.79 Å². The van der Waals surface area contributed by atoms with Crippen molar-refractivity contribution in [1.82, 2.24) is 5.32 Å². The highest BCUT2D eigenvalue weighted by atomic mass is 16.2. The van der Waals surface area contributed by atoms with Crippen LogP contribution in [0.4, 0.5) is 0 Å². The van der Waals surface area contributed by atoms with E-state index >= 15 is 0 Å². The van der Waals surface area contributed by atoms with Gasteiger partial charge in [-0.15, -0.1) is 0 Å². The van der Waals surface area contributed by atoms with Crippen molar-refractivity contribution in [2.75, 3.05) is 6.54 Å². The minimum atomic E-state index is -0.435. The van der Waals surface area contributed by atoms with Gasteiger partial charge in [-0.3, -0.25) is 4.79 Å². The van der Waals surface area contributed by atoms with E-state index in [9.17, 15) is 4.79 Å². The first-order valence-electron chi connectivity index (χ1n) is 5.44. The Morgan fingerprint density at radius 2 is 2.47 bits per heavy atom. The molecular formula is C11H19N3O. The summed E-state index contributed by atoms with van der Waals surface area (Å²) in [6.07, 6.45) is 2.78. The maximum Gasteiger partial charge on any atom is 0.227 e. The van der Waals surface area contributed by atoms with Crippen molar-refractivity contribution >= 4 is 5.91 Å². The number of carbonyl (C=O) groups excluding carboxylic acids is 1. The Morgan fingerprint density at radius 1 is 1.80 bits per heavy atom. The van der Waals surface area contributed by atoms with Gasteiger partial charge >= 0.3 is 0 Å². The predicted octanol–water partition coefficient (Wildman–Crippen LogP) is 0.780. The monoisotopic (exact) mass is 209 g/mol. The molecule has 0 bridgehead atoms. The number of hydrogen-bond donors (Lipinski definition) is 2. The van der Waals surface area contributed by atoms with E-state index in [2.05, 4.69) is 11.4 Å². The maximum absolute atomic E-state index is 11.9. The third-order valence-electron chi connectivity index (χ3n) is 3.34. The molecule has 1 aliphatic rings. The Morgan fingerprint density at radius 3 is 2.93 bits per heavy atom. The zero-order chi connectivity index (χ0) is 11.5. The van der Waals surface area contributed by atoms with E-state index in [4.69, 9.17) is 11.0 Å². The molecule has 3 N–H and O–H groups in total. The fourth-order valence-corrected chi connectivity index (χ4v) is 1.97. The number of nitrogens with zero attached hydrogens (tertiary/aromatic N) is 1. The Labute approximate surface area is 90.8 Å². The number of nitrogens with one attached hydrogen (secondary N) is 1. The lowest BCUT2D eigenvalue weighted by Crippen LogP contribution is -2.48. The second-order valence-corrected chi connectivity index (χ2v) is 4.66. The average Bonchev–Trinajstić information content (AvgIpc) is 2.56. The number of carbonyl (C=O) groups is 1. The SMILES string of the molecule is CC(C#N)CNC(=O)C1(C)CCCC1N. The zero-order valence-corrected chi connectivity index (χ0v) is 9.42. The van der Waals surface area contributed by atoms with Crippen LogP contribution in [0.25, 0.3) is 0 Å². The van der Waals surface area contributed by atoms with E-state index in [1.807, 2.05) is 6.92 Å². The molecule has 3 atom stereocenters. The van der Waals surface area contributed by atoms with Gasteiger partial charge in [0.1, 0.15) is 0 Å². The number of hydrogen-bond acceptors (Lipinski definition) is 3. The average molecular weight is 209 g/mol. The summed E-state index contributed by atoms with van der Waals surface area (Å²) in [4.78, 5) is 11.9. The molecule has 1 rings (SSSR count). The van der Waals surface area contributed by atoms with Crippen molar-refractivity contribution in [3.05, 3.63) is 0 Å². The molecule has 3 unspecified atom stereocenters. The van der Waals surface area contributed by atoms with E-state index < -0.39 is 5.41 Å². The van der Waals surface area contributed by atoms with Gasteiger partial charge in [0.05, 0.1) is 17.4 Å².